The number of nitrogens with one attached hydrogen (secondary N) is 1. The monoisotopic (exact) mass is 437 g/mol. The van der Waals surface area contributed by atoms with E-state index in [0.717, 1.165) is 48.3 Å². The Morgan fingerprint density at radius 3 is 2.97 bits per heavy atom. The number of nitrogens with two attached hydrogens (primary N) is 1. The van der Waals surface area contributed by atoms with Gasteiger partial charge in [-0.05, 0) is 32.3 Å². The van der Waals surface area contributed by atoms with Crippen LogP contribution in [0.25, 0.3) is 11.0 Å². The zero-order valence-corrected chi connectivity index (χ0v) is 19.3. The van der Waals surface area contributed by atoms with Gasteiger partial charge in [0.05, 0.1) is 18.2 Å². The van der Waals surface area contributed by atoms with Gasteiger partial charge in [0.25, 0.3) is 0 Å². The van der Waals surface area contributed by atoms with Crippen LogP contribution in [0.2, 0.25) is 0 Å². The van der Waals surface area contributed by atoms with E-state index in [9.17, 15) is 0 Å². The smallest absolute Gasteiger partial charge is 0.163 e. The van der Waals surface area contributed by atoms with Crippen LogP contribution in [0, 0.1) is 5.92 Å². The van der Waals surface area contributed by atoms with Crippen molar-refractivity contribution in [2.75, 3.05) is 37.5 Å². The lowest BCUT2D eigenvalue weighted by molar-refractivity contribution is -0.143. The summed E-state index contributed by atoms with van der Waals surface area (Å²) in [6, 6.07) is 0. The van der Waals surface area contributed by atoms with Gasteiger partial charge in [0.1, 0.15) is 18.6 Å². The third kappa shape index (κ3) is 5.85. The van der Waals surface area contributed by atoms with Crippen LogP contribution in [0.1, 0.15) is 39.2 Å². The van der Waals surface area contributed by atoms with Crippen molar-refractivity contribution in [3.05, 3.63) is 18.1 Å². The number of hydrogen-bond donors (Lipinski definition) is 2. The third-order valence-electron chi connectivity index (χ3n) is 5.29. The first-order valence-corrected chi connectivity index (χ1v) is 12.0. The van der Waals surface area contributed by atoms with Crippen molar-refractivity contribution in [1.82, 2.24) is 19.9 Å². The van der Waals surface area contributed by atoms with Crippen molar-refractivity contribution in [3.8, 4) is 0 Å². The first kappa shape index (κ1) is 23.3. The number of fused-ring (bicyclic) bond motifs is 1. The fraction of sp³-hybridized carbons (Fsp3) is 0.714. The van der Waals surface area contributed by atoms with Gasteiger partial charge < -0.3 is 29.8 Å². The van der Waals surface area contributed by atoms with E-state index >= 15 is 0 Å². The van der Waals surface area contributed by atoms with Crippen molar-refractivity contribution >= 4 is 28.6 Å². The molecule has 0 radical (unpaired) electrons. The Hall–Kier alpha value is -1.39. The normalized spacial score (nSPS) is 19.5. The number of nitrogens with zero attached hydrogens (tertiary/aromatic N) is 3. The summed E-state index contributed by atoms with van der Waals surface area (Å²) in [4.78, 5) is 8.64. The average Bonchev–Trinajstić information content (AvgIpc) is 3.25. The van der Waals surface area contributed by atoms with Crippen LogP contribution in [-0.2, 0) is 27.5 Å². The van der Waals surface area contributed by atoms with Crippen LogP contribution < -0.4 is 11.1 Å². The van der Waals surface area contributed by atoms with E-state index in [0.29, 0.717) is 31.6 Å². The Morgan fingerprint density at radius 2 is 2.27 bits per heavy atom. The summed E-state index contributed by atoms with van der Waals surface area (Å²) in [5.41, 5.74) is 8.94. The van der Waals surface area contributed by atoms with Crippen LogP contribution in [-0.4, -0.2) is 58.2 Å². The number of anilines is 1. The number of hydrogen-bond acceptors (Lipinski definition) is 8. The van der Waals surface area contributed by atoms with Gasteiger partial charge in [0.15, 0.2) is 11.6 Å². The van der Waals surface area contributed by atoms with Crippen LogP contribution >= 0.6 is 11.8 Å². The summed E-state index contributed by atoms with van der Waals surface area (Å²) < 4.78 is 19.7. The first-order chi connectivity index (χ1) is 14.4. The van der Waals surface area contributed by atoms with Crippen molar-refractivity contribution in [2.45, 2.75) is 58.8 Å². The minimum atomic E-state index is -0.499. The second kappa shape index (κ2) is 10.8. The molecule has 168 valence electrons. The molecule has 3 N–H and O–H groups in total. The number of aromatic nitrogens is 3. The Bertz CT molecular complexity index is 813. The molecular formula is C21H35N5O3S. The highest BCUT2D eigenvalue weighted by atomic mass is 32.2. The molecule has 1 fully saturated rings. The summed E-state index contributed by atoms with van der Waals surface area (Å²) in [7, 11) is 0. The zero-order valence-electron chi connectivity index (χ0n) is 18.5. The maximum atomic E-state index is 6.14. The number of ether oxygens (including phenoxy) is 3. The van der Waals surface area contributed by atoms with Gasteiger partial charge in [-0.15, -0.1) is 0 Å². The molecule has 2 atom stereocenters. The molecule has 0 saturated carbocycles. The number of unbranched alkanes of at least 4 members (excludes halogenated alkanes) is 1. The molecule has 2 aromatic heterocycles. The molecule has 3 heterocycles. The maximum Gasteiger partial charge on any atom is 0.163 e. The van der Waals surface area contributed by atoms with E-state index in [1.165, 1.54) is 6.33 Å². The molecule has 3 rings (SSSR count). The van der Waals surface area contributed by atoms with E-state index < -0.39 is 5.79 Å². The molecule has 2 aromatic rings. The van der Waals surface area contributed by atoms with Crippen LogP contribution in [0.15, 0.2) is 12.5 Å². The SMILES string of the molecule is CCCCOCn1cc(CNC[C@H](CSC)[C@@H]2COC(C)(C)O2)c2ncnc(N)c21. The predicted octanol–water partition coefficient (Wildman–Crippen LogP) is 3.01. The van der Waals surface area contributed by atoms with E-state index in [4.69, 9.17) is 19.9 Å². The average molecular weight is 438 g/mol. The van der Waals surface area contributed by atoms with Crippen LogP contribution in [0.3, 0.4) is 0 Å². The predicted molar refractivity (Wildman–Crippen MR) is 121 cm³/mol. The highest BCUT2D eigenvalue weighted by Gasteiger charge is 2.36. The van der Waals surface area contributed by atoms with Crippen LogP contribution in [0.4, 0.5) is 5.82 Å². The molecule has 0 unspecified atom stereocenters. The van der Waals surface area contributed by atoms with E-state index in [2.05, 4.69) is 34.7 Å². The minimum absolute atomic E-state index is 0.103. The highest BCUT2D eigenvalue weighted by Crippen LogP contribution is 2.28. The minimum Gasteiger partial charge on any atom is -0.382 e. The van der Waals surface area contributed by atoms with Crippen molar-refractivity contribution in [2.24, 2.45) is 5.92 Å². The summed E-state index contributed by atoms with van der Waals surface area (Å²) in [5.74, 6) is 1.36. The largest absolute Gasteiger partial charge is 0.382 e. The van der Waals surface area contributed by atoms with Crippen molar-refractivity contribution in [1.29, 1.82) is 0 Å². The first-order valence-electron chi connectivity index (χ1n) is 10.6. The Morgan fingerprint density at radius 1 is 1.43 bits per heavy atom. The van der Waals surface area contributed by atoms with Gasteiger partial charge in [-0.3, -0.25) is 0 Å². The van der Waals surface area contributed by atoms with Gasteiger partial charge >= 0.3 is 0 Å². The van der Waals surface area contributed by atoms with Gasteiger partial charge in [-0.1, -0.05) is 13.3 Å². The highest BCUT2D eigenvalue weighted by molar-refractivity contribution is 7.98. The van der Waals surface area contributed by atoms with Crippen molar-refractivity contribution < 1.29 is 14.2 Å². The lowest BCUT2D eigenvalue weighted by Crippen LogP contribution is -2.35. The Labute approximate surface area is 183 Å². The van der Waals surface area contributed by atoms with Gasteiger partial charge in [0, 0.05) is 37.4 Å². The molecule has 30 heavy (non-hydrogen) atoms. The maximum absolute atomic E-state index is 6.14. The molecule has 0 bridgehead atoms. The van der Waals surface area contributed by atoms with Crippen LogP contribution in [0.5, 0.6) is 0 Å². The molecular weight excluding hydrogens is 402 g/mol. The van der Waals surface area contributed by atoms with Crippen molar-refractivity contribution in [3.63, 3.8) is 0 Å². The summed E-state index contributed by atoms with van der Waals surface area (Å²) in [5, 5.41) is 3.59. The molecule has 0 amide bonds. The van der Waals surface area contributed by atoms with Gasteiger partial charge in [0.2, 0.25) is 0 Å². The summed E-state index contributed by atoms with van der Waals surface area (Å²) >= 11 is 1.83. The topological polar surface area (TPSA) is 96.5 Å². The van der Waals surface area contributed by atoms with E-state index in [1.807, 2.05) is 30.2 Å². The van der Waals surface area contributed by atoms with E-state index in [1.54, 1.807) is 0 Å². The summed E-state index contributed by atoms with van der Waals surface area (Å²) in [6.45, 7) is 9.44. The molecule has 0 aliphatic carbocycles. The Balaban J connectivity index is 1.65. The second-order valence-electron chi connectivity index (χ2n) is 8.18. The fourth-order valence-corrected chi connectivity index (χ4v) is 4.48. The van der Waals surface area contributed by atoms with Gasteiger partial charge in [-0.2, -0.15) is 11.8 Å². The lowest BCUT2D eigenvalue weighted by Gasteiger charge is -2.24. The molecule has 1 aliphatic heterocycles. The fourth-order valence-electron chi connectivity index (χ4n) is 3.72. The van der Waals surface area contributed by atoms with E-state index in [-0.39, 0.29) is 6.10 Å². The van der Waals surface area contributed by atoms with Gasteiger partial charge in [-0.25, -0.2) is 9.97 Å². The Kier molecular flexibility index (Phi) is 8.35. The zero-order chi connectivity index (χ0) is 21.6. The molecule has 1 aliphatic rings. The standard InChI is InChI=1S/C21H35N5O3S/c1-5-6-7-27-14-26-10-15(18-19(26)20(22)25-13-24-18)8-23-9-16(12-30-4)17-11-28-21(2,3)29-17/h10,13,16-17,23H,5-9,11-12,14H2,1-4H3,(H2,22,24,25)/t16-,17+/m1/s1. The molecule has 9 heteroatoms. The quantitative estimate of drug-likeness (QED) is 0.489. The molecule has 8 nitrogen and oxygen atoms in total. The molecule has 0 aromatic carbocycles. The summed E-state index contributed by atoms with van der Waals surface area (Å²) in [6.07, 6.45) is 7.96. The second-order valence-corrected chi connectivity index (χ2v) is 9.10. The molecule has 0 spiro atoms. The third-order valence-corrected chi connectivity index (χ3v) is 6.05. The number of nitrogen functional groups attached to an aromatic ring is 1. The number of thioether (sulfide) groups is 1. The molecule has 1 saturated heterocycles. The lowest BCUT2D eigenvalue weighted by atomic mass is 10.1. The number of rotatable bonds is 12.